The number of hydrogen-bond acceptors (Lipinski definition) is 6. The van der Waals surface area contributed by atoms with Gasteiger partial charge in [-0.25, -0.2) is 8.42 Å². The van der Waals surface area contributed by atoms with Crippen molar-refractivity contribution in [3.8, 4) is 5.75 Å². The molecular weight excluding hydrogens is 725 g/mol. The van der Waals surface area contributed by atoms with Gasteiger partial charge in [-0.05, 0) is 97.8 Å². The first kappa shape index (κ1) is 38.5. The van der Waals surface area contributed by atoms with Crippen LogP contribution in [0.15, 0.2) is 107 Å². The summed E-state index contributed by atoms with van der Waals surface area (Å²) in [6, 6.07) is 26.6. The van der Waals surface area contributed by atoms with Gasteiger partial charge >= 0.3 is 0 Å². The Morgan fingerprint density at radius 2 is 1.61 bits per heavy atom. The highest BCUT2D eigenvalue weighted by atomic mass is 35.5. The molecule has 0 spiro atoms. The molecule has 4 aromatic carbocycles. The third kappa shape index (κ3) is 10.2. The minimum Gasteiger partial charge on any atom is -0.494 e. The number of carbonyl (C=O) groups is 2. The number of nitrogens with one attached hydrogen (secondary N) is 1. The van der Waals surface area contributed by atoms with Crippen LogP contribution < -0.4 is 14.4 Å². The summed E-state index contributed by atoms with van der Waals surface area (Å²) in [7, 11) is -4.26. The van der Waals surface area contributed by atoms with E-state index >= 15 is 0 Å². The highest BCUT2D eigenvalue weighted by Gasteiger charge is 2.36. The Morgan fingerprint density at radius 3 is 2.24 bits per heavy atom. The van der Waals surface area contributed by atoms with Gasteiger partial charge in [-0.2, -0.15) is 0 Å². The van der Waals surface area contributed by atoms with E-state index < -0.39 is 28.5 Å². The summed E-state index contributed by atoms with van der Waals surface area (Å²) in [6.07, 6.45) is 7.00. The molecule has 0 heterocycles. The normalized spacial score (nSPS) is 14.0. The summed E-state index contributed by atoms with van der Waals surface area (Å²) in [5.41, 5.74) is 1.70. The number of carbonyl (C=O) groups excluding carboxylic acids is 2. The number of ether oxygens (including phenoxy) is 1. The van der Waals surface area contributed by atoms with Crippen LogP contribution in [0.3, 0.4) is 0 Å². The molecule has 1 atom stereocenters. The molecule has 8 nitrogen and oxygen atoms in total. The van der Waals surface area contributed by atoms with Crippen LogP contribution in [0.2, 0.25) is 10.0 Å². The van der Waals surface area contributed by atoms with Crippen molar-refractivity contribution in [2.45, 2.75) is 73.9 Å². The zero-order valence-electron chi connectivity index (χ0n) is 28.8. The first-order chi connectivity index (χ1) is 24.6. The third-order valence-electron chi connectivity index (χ3n) is 8.94. The molecule has 0 aromatic heterocycles. The van der Waals surface area contributed by atoms with Crippen LogP contribution in [0.5, 0.6) is 5.75 Å². The number of nitrogens with zero attached hydrogens (tertiary/aromatic N) is 2. The molecule has 0 bridgehead atoms. The van der Waals surface area contributed by atoms with Gasteiger partial charge in [0.05, 0.1) is 17.2 Å². The van der Waals surface area contributed by atoms with E-state index in [2.05, 4.69) is 5.32 Å². The van der Waals surface area contributed by atoms with E-state index in [1.807, 2.05) is 43.5 Å². The smallest absolute Gasteiger partial charge is 0.264 e. The average Bonchev–Trinajstić information content (AvgIpc) is 3.14. The predicted octanol–water partition coefficient (Wildman–Crippen LogP) is 8.40. The van der Waals surface area contributed by atoms with Crippen molar-refractivity contribution < 1.29 is 22.7 Å². The van der Waals surface area contributed by atoms with Gasteiger partial charge in [0.2, 0.25) is 11.8 Å². The monoisotopic (exact) mass is 767 g/mol. The number of hydrogen-bond donors (Lipinski definition) is 1. The number of benzene rings is 4. The van der Waals surface area contributed by atoms with Crippen molar-refractivity contribution in [2.24, 2.45) is 0 Å². The van der Waals surface area contributed by atoms with Gasteiger partial charge in [0.15, 0.2) is 0 Å². The molecule has 1 aliphatic rings. The zero-order chi connectivity index (χ0) is 36.4. The molecule has 270 valence electrons. The van der Waals surface area contributed by atoms with Crippen molar-refractivity contribution in [3.05, 3.63) is 118 Å². The van der Waals surface area contributed by atoms with Gasteiger partial charge in [-0.3, -0.25) is 13.9 Å². The number of halogens is 2. The maximum absolute atomic E-state index is 14.8. The average molecular weight is 769 g/mol. The predicted molar refractivity (Wildman–Crippen MR) is 206 cm³/mol. The minimum atomic E-state index is -4.26. The number of anilines is 1. The highest BCUT2D eigenvalue weighted by molar-refractivity contribution is 7.98. The fourth-order valence-corrected chi connectivity index (χ4v) is 8.50. The lowest BCUT2D eigenvalue weighted by Gasteiger charge is -2.35. The van der Waals surface area contributed by atoms with E-state index in [1.54, 1.807) is 54.6 Å². The quantitative estimate of drug-likeness (QED) is 0.122. The summed E-state index contributed by atoms with van der Waals surface area (Å²) >= 11 is 14.4. The van der Waals surface area contributed by atoms with Gasteiger partial charge < -0.3 is 15.0 Å². The van der Waals surface area contributed by atoms with Crippen LogP contribution in [-0.2, 0) is 32.6 Å². The zero-order valence-corrected chi connectivity index (χ0v) is 31.9. The lowest BCUT2D eigenvalue weighted by Crippen LogP contribution is -2.55. The second kappa shape index (κ2) is 18.2. The van der Waals surface area contributed by atoms with E-state index in [0.29, 0.717) is 28.0 Å². The summed E-state index contributed by atoms with van der Waals surface area (Å²) in [6.45, 7) is 1.67. The second-order valence-electron chi connectivity index (χ2n) is 12.4. The Labute approximate surface area is 315 Å². The number of sulfonamides is 1. The fourth-order valence-electron chi connectivity index (χ4n) is 6.21. The second-order valence-corrected chi connectivity index (χ2v) is 16.0. The van der Waals surface area contributed by atoms with E-state index in [-0.39, 0.29) is 35.5 Å². The summed E-state index contributed by atoms with van der Waals surface area (Å²) in [5.74, 6) is -0.304. The van der Waals surface area contributed by atoms with Gasteiger partial charge in [0.1, 0.15) is 18.3 Å². The van der Waals surface area contributed by atoms with Gasteiger partial charge in [0, 0.05) is 33.9 Å². The molecule has 0 aliphatic heterocycles. The first-order valence-corrected chi connectivity index (χ1v) is 20.5. The molecule has 1 N–H and O–H groups in total. The van der Waals surface area contributed by atoms with Crippen LogP contribution in [-0.4, -0.2) is 56.6 Å². The Hall–Kier alpha value is -3.70. The Bertz CT molecular complexity index is 1870. The van der Waals surface area contributed by atoms with Crippen molar-refractivity contribution in [3.63, 3.8) is 0 Å². The molecular formula is C39H43Cl2N3O5S2. The molecule has 51 heavy (non-hydrogen) atoms. The molecule has 1 saturated carbocycles. The van der Waals surface area contributed by atoms with E-state index in [0.717, 1.165) is 46.9 Å². The minimum absolute atomic E-state index is 0.00872. The molecule has 5 rings (SSSR count). The van der Waals surface area contributed by atoms with E-state index in [9.17, 15) is 18.0 Å². The fraction of sp³-hybridized carbons (Fsp3) is 0.333. The third-order valence-corrected chi connectivity index (χ3v) is 12.1. The lowest BCUT2D eigenvalue weighted by molar-refractivity contribution is -0.140. The molecule has 4 aromatic rings. The highest BCUT2D eigenvalue weighted by Crippen LogP contribution is 2.29. The molecule has 1 fully saturated rings. The number of thioether (sulfide) groups is 1. The SMILES string of the molecule is CCOc1ccc(N(CC(=O)N(Cc2ccc(Cl)cc2Cl)[C@H](Cc2ccccc2)C(=O)NC2CCCCC2)S(=O)(=O)c2ccc(SC)cc2)cc1. The molecule has 2 amide bonds. The maximum Gasteiger partial charge on any atom is 0.264 e. The molecule has 12 heteroatoms. The molecule has 0 radical (unpaired) electrons. The van der Waals surface area contributed by atoms with E-state index in [4.69, 9.17) is 27.9 Å². The van der Waals surface area contributed by atoms with Crippen LogP contribution in [0.4, 0.5) is 5.69 Å². The lowest BCUT2D eigenvalue weighted by atomic mass is 9.94. The standard InChI is InChI=1S/C39H43Cl2N3O5S2/c1-3-49-33-18-16-32(17-19-33)44(51(47,48)35-22-20-34(50-2)21-23-35)27-38(45)43(26-29-14-15-30(40)25-36(29)41)37(24-28-10-6-4-7-11-28)39(46)42-31-12-8-5-9-13-31/h4,6-7,10-11,14-23,25,31,37H,3,5,8-9,12-13,24,26-27H2,1-2H3,(H,42,46)/t37-/m1/s1. The first-order valence-electron chi connectivity index (χ1n) is 17.1. The van der Waals surface area contributed by atoms with Crippen LogP contribution in [0.25, 0.3) is 0 Å². The maximum atomic E-state index is 14.8. The summed E-state index contributed by atoms with van der Waals surface area (Å²) in [4.78, 5) is 31.5. The van der Waals surface area contributed by atoms with Crippen LogP contribution in [0, 0.1) is 0 Å². The van der Waals surface area contributed by atoms with Gasteiger partial charge in [0.25, 0.3) is 10.0 Å². The molecule has 1 aliphatic carbocycles. The van der Waals surface area contributed by atoms with E-state index in [1.165, 1.54) is 28.8 Å². The Kier molecular flexibility index (Phi) is 13.7. The van der Waals surface area contributed by atoms with Crippen molar-refractivity contribution in [2.75, 3.05) is 23.7 Å². The summed E-state index contributed by atoms with van der Waals surface area (Å²) < 4.78 is 35.5. The molecule has 0 saturated heterocycles. The molecule has 0 unspecified atom stereocenters. The largest absolute Gasteiger partial charge is 0.494 e. The van der Waals surface area contributed by atoms with Gasteiger partial charge in [-0.15, -0.1) is 11.8 Å². The van der Waals surface area contributed by atoms with Crippen LogP contribution in [0.1, 0.15) is 50.2 Å². The van der Waals surface area contributed by atoms with Crippen molar-refractivity contribution >= 4 is 62.5 Å². The van der Waals surface area contributed by atoms with Crippen molar-refractivity contribution in [1.82, 2.24) is 10.2 Å². The van der Waals surface area contributed by atoms with Gasteiger partial charge in [-0.1, -0.05) is 78.9 Å². The number of amides is 2. The number of rotatable bonds is 15. The summed E-state index contributed by atoms with van der Waals surface area (Å²) in [5, 5.41) is 3.98. The Morgan fingerprint density at radius 1 is 0.922 bits per heavy atom. The topological polar surface area (TPSA) is 96.0 Å². The van der Waals surface area contributed by atoms with Crippen molar-refractivity contribution in [1.29, 1.82) is 0 Å². The van der Waals surface area contributed by atoms with Crippen LogP contribution >= 0.6 is 35.0 Å². The Balaban J connectivity index is 1.58.